The molecule has 1 aromatic carbocycles. The van der Waals surface area contributed by atoms with Gasteiger partial charge in [0.1, 0.15) is 5.82 Å². The van der Waals surface area contributed by atoms with Gasteiger partial charge in [0.2, 0.25) is 0 Å². The minimum Gasteiger partial charge on any atom is -0.481 e. The molecule has 4 heterocycles. The van der Waals surface area contributed by atoms with E-state index in [4.69, 9.17) is 20.1 Å². The monoisotopic (exact) mass is 602 g/mol. The average molecular weight is 603 g/mol. The molecule has 5 rings (SSSR count). The van der Waals surface area contributed by atoms with Crippen LogP contribution in [0.1, 0.15) is 45.7 Å². The minimum absolute atomic E-state index is 0.116. The zero-order valence-electron chi connectivity index (χ0n) is 23.6. The van der Waals surface area contributed by atoms with Gasteiger partial charge in [-0.1, -0.05) is 0 Å². The van der Waals surface area contributed by atoms with E-state index in [2.05, 4.69) is 15.2 Å². The van der Waals surface area contributed by atoms with Gasteiger partial charge in [0.25, 0.3) is 11.8 Å². The molecule has 0 radical (unpaired) electrons. The van der Waals surface area contributed by atoms with Crippen molar-refractivity contribution in [1.82, 2.24) is 14.8 Å². The Morgan fingerprint density at radius 2 is 1.84 bits per heavy atom. The molecule has 13 nitrogen and oxygen atoms in total. The molecule has 3 aliphatic heterocycles. The molecule has 1 saturated heterocycles. The second-order valence-electron chi connectivity index (χ2n) is 10.6. The highest BCUT2D eigenvalue weighted by atomic mass is 19.1. The predicted octanol–water partition coefficient (Wildman–Crippen LogP) is 0.943. The molecule has 1 aromatic heterocycles. The number of carboxylic acids is 2. The number of ether oxygens (including phenoxy) is 1. The van der Waals surface area contributed by atoms with Crippen LogP contribution in [0.2, 0.25) is 0 Å². The molecule has 0 saturated carbocycles. The van der Waals surface area contributed by atoms with Gasteiger partial charge < -0.3 is 40.4 Å². The normalized spacial score (nSPS) is 19.1. The number of β-amino-alcohol motifs (C(OH)–C–C–N with tert-alkyl or cyclic N) is 1. The fourth-order valence-electron chi connectivity index (χ4n) is 5.28. The van der Waals surface area contributed by atoms with Gasteiger partial charge in [-0.2, -0.15) is 0 Å². The largest absolute Gasteiger partial charge is 0.481 e. The smallest absolute Gasteiger partial charge is 0.333 e. The Bertz CT molecular complexity index is 1420. The lowest BCUT2D eigenvalue weighted by molar-refractivity contribution is -0.152. The van der Waals surface area contributed by atoms with E-state index in [1.54, 1.807) is 17.0 Å². The number of fused-ring (bicyclic) bond motifs is 2. The molecule has 1 unspecified atom stereocenters. The van der Waals surface area contributed by atoms with Gasteiger partial charge in [0.05, 0.1) is 36.9 Å². The van der Waals surface area contributed by atoms with Crippen molar-refractivity contribution < 1.29 is 48.7 Å². The van der Waals surface area contributed by atoms with Crippen molar-refractivity contribution in [2.24, 2.45) is 0 Å². The molecule has 6 N–H and O–H groups in total. The van der Waals surface area contributed by atoms with Crippen LogP contribution in [0.5, 0.6) is 0 Å². The number of aliphatic hydroxyl groups is 2. The Morgan fingerprint density at radius 1 is 1.12 bits per heavy atom. The number of benzene rings is 1. The van der Waals surface area contributed by atoms with Gasteiger partial charge >= 0.3 is 11.9 Å². The van der Waals surface area contributed by atoms with E-state index in [0.29, 0.717) is 60.8 Å². The third kappa shape index (κ3) is 7.84. The number of morpholine rings is 1. The fourth-order valence-corrected chi connectivity index (χ4v) is 5.28. The molecule has 43 heavy (non-hydrogen) atoms. The molecule has 2 atom stereocenters. The van der Waals surface area contributed by atoms with Crippen molar-refractivity contribution in [3.8, 4) is 0 Å². The number of carboxylic acid groups (broad SMARTS) is 2. The van der Waals surface area contributed by atoms with E-state index >= 15 is 0 Å². The Kier molecular flexibility index (Phi) is 10.3. The Balaban J connectivity index is 0.000000410. The first-order chi connectivity index (χ1) is 20.4. The summed E-state index contributed by atoms with van der Waals surface area (Å²) in [6.45, 7) is 6.10. The van der Waals surface area contributed by atoms with Crippen molar-refractivity contribution in [3.05, 3.63) is 52.1 Å². The number of carbonyl (C=O) groups excluding carboxylic acids is 2. The zero-order chi connectivity index (χ0) is 31.3. The number of anilines is 1. The number of aromatic amines is 1. The number of H-pyrrole nitrogens is 1. The van der Waals surface area contributed by atoms with Gasteiger partial charge in [-0.3, -0.25) is 19.3 Å². The molecule has 232 valence electrons. The number of hydrogen-bond acceptors (Lipinski definition) is 8. The maximum atomic E-state index is 13.8. The summed E-state index contributed by atoms with van der Waals surface area (Å²) in [5, 5.41) is 37.5. The van der Waals surface area contributed by atoms with Crippen molar-refractivity contribution in [1.29, 1.82) is 0 Å². The standard InChI is InChI=1S/C25H29FN4O4.C4H6O5/c1-15-22(12-19-18-11-16(26)4-5-20(18)28-24(19)32)27-21-3-2-6-30(25(33)23(15)21)14-17(31)13-29-7-9-34-10-8-29;5-2(4(8)9)1-3(6)7/h4-5,11-12,17,27,31H,2-3,6-10,13-14H2,1H3,(H,28,32);2,5H,1H2,(H,6,7)(H,8,9)/b19-12-;/t17-;/m1./s1. The molecule has 14 heteroatoms. The third-order valence-corrected chi connectivity index (χ3v) is 7.43. The van der Waals surface area contributed by atoms with Crippen molar-refractivity contribution in [2.45, 2.75) is 38.4 Å². The predicted molar refractivity (Wildman–Crippen MR) is 152 cm³/mol. The summed E-state index contributed by atoms with van der Waals surface area (Å²) in [5.41, 5.74) is 4.28. The lowest BCUT2D eigenvalue weighted by atomic mass is 10.0. The molecule has 0 bridgehead atoms. The molecule has 1 fully saturated rings. The van der Waals surface area contributed by atoms with E-state index < -0.39 is 36.4 Å². The third-order valence-electron chi connectivity index (χ3n) is 7.43. The number of aromatic nitrogens is 1. The van der Waals surface area contributed by atoms with E-state index in [-0.39, 0.29) is 18.4 Å². The number of halogens is 1. The summed E-state index contributed by atoms with van der Waals surface area (Å²) in [4.78, 5) is 52.6. The summed E-state index contributed by atoms with van der Waals surface area (Å²) < 4.78 is 19.2. The van der Waals surface area contributed by atoms with E-state index in [1.165, 1.54) is 12.1 Å². The molecule has 2 amide bonds. The van der Waals surface area contributed by atoms with Crippen molar-refractivity contribution >= 4 is 41.1 Å². The number of rotatable bonds is 8. The summed E-state index contributed by atoms with van der Waals surface area (Å²) in [6.07, 6.45) is -0.0304. The molecular weight excluding hydrogens is 567 g/mol. The lowest BCUT2D eigenvalue weighted by Crippen LogP contribution is -2.46. The summed E-state index contributed by atoms with van der Waals surface area (Å²) in [6, 6.07) is 4.19. The highest BCUT2D eigenvalue weighted by Gasteiger charge is 2.30. The van der Waals surface area contributed by atoms with Crippen LogP contribution in [0.15, 0.2) is 18.2 Å². The van der Waals surface area contributed by atoms with Crippen LogP contribution in [0.4, 0.5) is 10.1 Å². The van der Waals surface area contributed by atoms with Gasteiger partial charge in [-0.05, 0) is 49.6 Å². The Hall–Kier alpha value is -4.11. The number of aryl methyl sites for hydroxylation is 1. The SMILES string of the molecule is Cc1c(/C=C2\C(=O)Nc3ccc(F)cc32)[nH]c2c1C(=O)N(C[C@H](O)CN1CCOCC1)CCC2.O=C(O)CC(O)C(=O)O. The number of amides is 2. The van der Waals surface area contributed by atoms with Gasteiger partial charge in [-0.15, -0.1) is 0 Å². The summed E-state index contributed by atoms with van der Waals surface area (Å²) in [5.74, 6) is -3.68. The van der Waals surface area contributed by atoms with Crippen LogP contribution in [-0.2, 0) is 25.5 Å². The minimum atomic E-state index is -1.79. The Morgan fingerprint density at radius 3 is 2.49 bits per heavy atom. The fraction of sp³-hybridized carbons (Fsp3) is 0.448. The number of nitrogens with zero attached hydrogens (tertiary/aromatic N) is 2. The van der Waals surface area contributed by atoms with Crippen LogP contribution in [0.3, 0.4) is 0 Å². The maximum absolute atomic E-state index is 13.8. The Labute approximate surface area is 246 Å². The van der Waals surface area contributed by atoms with E-state index in [0.717, 1.165) is 30.8 Å². The summed E-state index contributed by atoms with van der Waals surface area (Å²) in [7, 11) is 0. The van der Waals surface area contributed by atoms with Crippen LogP contribution in [0.25, 0.3) is 11.6 Å². The quantitative estimate of drug-likeness (QED) is 0.237. The number of hydrogen-bond donors (Lipinski definition) is 6. The second-order valence-corrected chi connectivity index (χ2v) is 10.6. The first-order valence-electron chi connectivity index (χ1n) is 13.9. The first-order valence-corrected chi connectivity index (χ1v) is 13.9. The summed E-state index contributed by atoms with van der Waals surface area (Å²) >= 11 is 0. The van der Waals surface area contributed by atoms with Crippen LogP contribution in [0, 0.1) is 12.7 Å². The average Bonchev–Trinajstić information content (AvgIpc) is 3.37. The maximum Gasteiger partial charge on any atom is 0.333 e. The molecule has 3 aliphatic rings. The highest BCUT2D eigenvalue weighted by molar-refractivity contribution is 6.34. The van der Waals surface area contributed by atoms with Crippen LogP contribution < -0.4 is 5.32 Å². The van der Waals surface area contributed by atoms with Gasteiger partial charge in [0, 0.05) is 55.4 Å². The van der Waals surface area contributed by atoms with Crippen molar-refractivity contribution in [3.63, 3.8) is 0 Å². The van der Waals surface area contributed by atoms with Gasteiger partial charge in [0.15, 0.2) is 6.10 Å². The second kappa shape index (κ2) is 13.9. The number of nitrogens with one attached hydrogen (secondary N) is 2. The zero-order valence-corrected chi connectivity index (χ0v) is 23.6. The van der Waals surface area contributed by atoms with Crippen LogP contribution >= 0.6 is 0 Å². The number of aliphatic carboxylic acids is 2. The molecule has 2 aromatic rings. The molecule has 0 aliphatic carbocycles. The van der Waals surface area contributed by atoms with Crippen molar-refractivity contribution in [2.75, 3.05) is 51.3 Å². The van der Waals surface area contributed by atoms with E-state index in [9.17, 15) is 28.7 Å². The molecular formula is C29H35FN4O9. The topological polar surface area (TPSA) is 193 Å². The number of aliphatic hydroxyl groups excluding tert-OH is 2. The molecule has 0 spiro atoms. The van der Waals surface area contributed by atoms with Gasteiger partial charge in [-0.25, -0.2) is 9.18 Å². The highest BCUT2D eigenvalue weighted by Crippen LogP contribution is 2.35. The first kappa shape index (κ1) is 31.8. The van der Waals surface area contributed by atoms with E-state index in [1.807, 2.05) is 6.92 Å². The number of carbonyl (C=O) groups is 4. The van der Waals surface area contributed by atoms with Crippen LogP contribution in [-0.4, -0.2) is 117 Å². The lowest BCUT2D eigenvalue weighted by Gasteiger charge is -2.31.